The Balaban J connectivity index is 1.71. The summed E-state index contributed by atoms with van der Waals surface area (Å²) in [7, 11) is 1.73. The summed E-state index contributed by atoms with van der Waals surface area (Å²) in [5.41, 5.74) is 1.15. The molecule has 5 heteroatoms. The number of fused-ring (bicyclic) bond motifs is 1. The molecule has 24 heavy (non-hydrogen) atoms. The smallest absolute Gasteiger partial charge is 0.339 e. The van der Waals surface area contributed by atoms with Gasteiger partial charge in [0.25, 0.3) is 5.91 Å². The number of benzene rings is 1. The summed E-state index contributed by atoms with van der Waals surface area (Å²) in [5, 5.41) is 0. The van der Waals surface area contributed by atoms with Gasteiger partial charge in [-0.15, -0.1) is 0 Å². The topological polar surface area (TPSA) is 59.5 Å². The van der Waals surface area contributed by atoms with Gasteiger partial charge < -0.3 is 9.64 Å². The molecule has 1 atom stereocenters. The lowest BCUT2D eigenvalue weighted by Crippen LogP contribution is -2.52. The Bertz CT molecular complexity index is 760. The van der Waals surface area contributed by atoms with Gasteiger partial charge in [0.1, 0.15) is 0 Å². The number of rotatable bonds is 4. The van der Waals surface area contributed by atoms with Gasteiger partial charge in [-0.25, -0.2) is 4.79 Å². The van der Waals surface area contributed by atoms with E-state index < -0.39 is 11.6 Å². The summed E-state index contributed by atoms with van der Waals surface area (Å²) in [4.78, 5) is 30.9. The Morgan fingerprint density at radius 3 is 2.75 bits per heavy atom. The van der Waals surface area contributed by atoms with Crippen LogP contribution in [-0.2, 0) is 22.4 Å². The van der Waals surface area contributed by atoms with Gasteiger partial charge in [-0.3, -0.25) is 9.78 Å². The van der Waals surface area contributed by atoms with Crippen molar-refractivity contribution in [2.45, 2.75) is 25.4 Å². The third-order valence-electron chi connectivity index (χ3n) is 4.31. The van der Waals surface area contributed by atoms with Gasteiger partial charge in [0.15, 0.2) is 5.60 Å². The molecule has 1 aliphatic rings. The van der Waals surface area contributed by atoms with Gasteiger partial charge >= 0.3 is 5.97 Å². The van der Waals surface area contributed by atoms with E-state index in [0.717, 1.165) is 11.3 Å². The first kappa shape index (κ1) is 16.2. The normalized spacial score (nSPS) is 19.3. The first-order chi connectivity index (χ1) is 11.5. The minimum absolute atomic E-state index is 0.193. The number of amides is 1. The van der Waals surface area contributed by atoms with Crippen molar-refractivity contribution in [3.05, 3.63) is 65.5 Å². The lowest BCUT2D eigenvalue weighted by atomic mass is 9.89. The van der Waals surface area contributed by atoms with Gasteiger partial charge in [-0.05, 0) is 30.7 Å². The Morgan fingerprint density at radius 2 is 2.00 bits per heavy atom. The van der Waals surface area contributed by atoms with Crippen molar-refractivity contribution >= 4 is 11.9 Å². The van der Waals surface area contributed by atoms with Gasteiger partial charge in [-0.1, -0.05) is 24.3 Å². The second-order valence-corrected chi connectivity index (χ2v) is 6.25. The number of pyridine rings is 1. The zero-order chi connectivity index (χ0) is 17.2. The van der Waals surface area contributed by atoms with Gasteiger partial charge in [0.05, 0.1) is 5.56 Å². The van der Waals surface area contributed by atoms with E-state index in [1.165, 1.54) is 0 Å². The Labute approximate surface area is 141 Å². The van der Waals surface area contributed by atoms with Crippen molar-refractivity contribution in [1.82, 2.24) is 9.88 Å². The molecular formula is C19H20N2O3. The van der Waals surface area contributed by atoms with E-state index >= 15 is 0 Å². The predicted octanol–water partition coefficient (Wildman–Crippen LogP) is 2.25. The van der Waals surface area contributed by atoms with Crippen LogP contribution in [0.2, 0.25) is 0 Å². The number of aromatic nitrogens is 1. The number of hydrogen-bond donors (Lipinski definition) is 0. The summed E-state index contributed by atoms with van der Waals surface area (Å²) < 4.78 is 5.49. The van der Waals surface area contributed by atoms with E-state index in [-0.39, 0.29) is 5.91 Å². The maximum absolute atomic E-state index is 12.8. The van der Waals surface area contributed by atoms with Crippen molar-refractivity contribution in [1.29, 1.82) is 0 Å². The SMILES string of the molecule is CN(CCc1ccccn1)C(=O)C1(C)Cc2ccccc2C(=O)O1. The van der Waals surface area contributed by atoms with Crippen molar-refractivity contribution in [2.75, 3.05) is 13.6 Å². The van der Waals surface area contributed by atoms with Crippen molar-refractivity contribution in [3.63, 3.8) is 0 Å². The quantitative estimate of drug-likeness (QED) is 0.810. The number of cyclic esters (lactones) is 1. The van der Waals surface area contributed by atoms with Crippen molar-refractivity contribution in [2.24, 2.45) is 0 Å². The highest BCUT2D eigenvalue weighted by Crippen LogP contribution is 2.29. The Morgan fingerprint density at radius 1 is 1.25 bits per heavy atom. The zero-order valence-corrected chi connectivity index (χ0v) is 13.9. The fourth-order valence-electron chi connectivity index (χ4n) is 2.99. The predicted molar refractivity (Wildman–Crippen MR) is 89.5 cm³/mol. The maximum Gasteiger partial charge on any atom is 0.339 e. The number of nitrogens with zero attached hydrogens (tertiary/aromatic N) is 2. The molecule has 1 amide bonds. The van der Waals surface area contributed by atoms with Crippen molar-refractivity contribution in [3.8, 4) is 0 Å². The first-order valence-corrected chi connectivity index (χ1v) is 7.96. The number of hydrogen-bond acceptors (Lipinski definition) is 4. The van der Waals surface area contributed by atoms with Crippen molar-refractivity contribution < 1.29 is 14.3 Å². The average molecular weight is 324 g/mol. The molecule has 0 aliphatic carbocycles. The monoisotopic (exact) mass is 324 g/mol. The van der Waals surface area contributed by atoms with E-state index in [1.807, 2.05) is 30.3 Å². The van der Waals surface area contributed by atoms with Crippen LogP contribution in [0.4, 0.5) is 0 Å². The van der Waals surface area contributed by atoms with E-state index in [9.17, 15) is 9.59 Å². The lowest BCUT2D eigenvalue weighted by molar-refractivity contribution is -0.149. The largest absolute Gasteiger partial charge is 0.445 e. The molecule has 0 fully saturated rings. The molecule has 2 heterocycles. The molecule has 5 nitrogen and oxygen atoms in total. The maximum atomic E-state index is 12.8. The molecule has 0 bridgehead atoms. The number of carbonyl (C=O) groups is 2. The standard InChI is InChI=1S/C19H20N2O3/c1-19(13-14-7-3-4-9-16(14)17(22)24-19)18(23)21(2)12-10-15-8-5-6-11-20-15/h3-9,11H,10,12-13H2,1-2H3. The summed E-state index contributed by atoms with van der Waals surface area (Å²) in [6, 6.07) is 13.0. The molecule has 2 aromatic rings. The molecule has 0 radical (unpaired) electrons. The van der Waals surface area contributed by atoms with Crippen LogP contribution in [0.3, 0.4) is 0 Å². The summed E-state index contributed by atoms with van der Waals surface area (Å²) in [6.45, 7) is 2.20. The molecular weight excluding hydrogens is 304 g/mol. The van der Waals surface area contributed by atoms with E-state index in [0.29, 0.717) is 24.9 Å². The lowest BCUT2D eigenvalue weighted by Gasteiger charge is -2.35. The Kier molecular flexibility index (Phi) is 4.34. The van der Waals surface area contributed by atoms with Crippen LogP contribution in [0.5, 0.6) is 0 Å². The Hall–Kier alpha value is -2.69. The third-order valence-corrected chi connectivity index (χ3v) is 4.31. The molecule has 0 N–H and O–H groups in total. The molecule has 1 unspecified atom stereocenters. The first-order valence-electron chi connectivity index (χ1n) is 7.96. The molecule has 0 saturated carbocycles. The minimum Gasteiger partial charge on any atom is -0.445 e. The average Bonchev–Trinajstić information content (AvgIpc) is 2.60. The number of ether oxygens (including phenoxy) is 1. The molecule has 1 aliphatic heterocycles. The van der Waals surface area contributed by atoms with Crippen LogP contribution in [0.15, 0.2) is 48.7 Å². The van der Waals surface area contributed by atoms with Gasteiger partial charge in [-0.2, -0.15) is 0 Å². The molecule has 124 valence electrons. The highest BCUT2D eigenvalue weighted by molar-refractivity contribution is 5.97. The number of carbonyl (C=O) groups excluding carboxylic acids is 2. The second-order valence-electron chi connectivity index (χ2n) is 6.25. The highest BCUT2D eigenvalue weighted by Gasteiger charge is 2.43. The van der Waals surface area contributed by atoms with Crippen LogP contribution in [0.1, 0.15) is 28.5 Å². The minimum atomic E-state index is -1.16. The summed E-state index contributed by atoms with van der Waals surface area (Å²) in [6.07, 6.45) is 2.78. The molecule has 0 spiro atoms. The van der Waals surface area contributed by atoms with Crippen LogP contribution >= 0.6 is 0 Å². The molecule has 3 rings (SSSR count). The van der Waals surface area contributed by atoms with E-state index in [2.05, 4.69) is 4.98 Å². The number of esters is 1. The fraction of sp³-hybridized carbons (Fsp3) is 0.316. The van der Waals surface area contributed by atoms with Crippen LogP contribution in [0, 0.1) is 0 Å². The van der Waals surface area contributed by atoms with Gasteiger partial charge in [0.2, 0.25) is 0 Å². The van der Waals surface area contributed by atoms with Crippen LogP contribution < -0.4 is 0 Å². The van der Waals surface area contributed by atoms with Gasteiger partial charge in [0, 0.05) is 38.3 Å². The van der Waals surface area contributed by atoms with Crippen LogP contribution in [0.25, 0.3) is 0 Å². The fourth-order valence-corrected chi connectivity index (χ4v) is 2.99. The molecule has 1 aromatic heterocycles. The summed E-state index contributed by atoms with van der Waals surface area (Å²) >= 11 is 0. The third kappa shape index (κ3) is 3.15. The molecule has 0 saturated heterocycles. The highest BCUT2D eigenvalue weighted by atomic mass is 16.6. The van der Waals surface area contributed by atoms with E-state index in [1.54, 1.807) is 37.2 Å². The molecule has 1 aromatic carbocycles. The van der Waals surface area contributed by atoms with Crippen LogP contribution in [-0.4, -0.2) is 41.0 Å². The number of likely N-dealkylation sites (N-methyl/N-ethyl adjacent to an activating group) is 1. The summed E-state index contributed by atoms with van der Waals surface area (Å²) in [5.74, 6) is -0.632. The second kappa shape index (κ2) is 6.43. The zero-order valence-electron chi connectivity index (χ0n) is 13.9. The van der Waals surface area contributed by atoms with E-state index in [4.69, 9.17) is 4.74 Å².